The third-order valence-corrected chi connectivity index (χ3v) is 4.86. The summed E-state index contributed by atoms with van der Waals surface area (Å²) in [6.45, 7) is 0.726. The number of anilines is 1. The molecule has 6 heteroatoms. The first-order valence-electron chi connectivity index (χ1n) is 7.51. The summed E-state index contributed by atoms with van der Waals surface area (Å²) in [6, 6.07) is 14.0. The van der Waals surface area contributed by atoms with Crippen LogP contribution in [0, 0.1) is 10.1 Å². The van der Waals surface area contributed by atoms with Crippen molar-refractivity contribution in [2.45, 2.75) is 17.9 Å². The van der Waals surface area contributed by atoms with Crippen molar-refractivity contribution in [3.8, 4) is 0 Å². The van der Waals surface area contributed by atoms with Gasteiger partial charge in [-0.3, -0.25) is 14.9 Å². The van der Waals surface area contributed by atoms with Crippen LogP contribution in [-0.2, 0) is 10.2 Å². The van der Waals surface area contributed by atoms with Crippen molar-refractivity contribution in [3.63, 3.8) is 0 Å². The lowest BCUT2D eigenvalue weighted by Crippen LogP contribution is -2.39. The van der Waals surface area contributed by atoms with E-state index in [1.54, 1.807) is 12.1 Å². The fraction of sp³-hybridized carbons (Fsp3) is 0.235. The molecular formula is C17H15N3O3. The van der Waals surface area contributed by atoms with Gasteiger partial charge in [0.05, 0.1) is 16.4 Å². The third-order valence-electron chi connectivity index (χ3n) is 4.86. The molecule has 2 N–H and O–H groups in total. The average molecular weight is 309 g/mol. The lowest BCUT2D eigenvalue weighted by atomic mass is 9.73. The number of hydrogen-bond acceptors (Lipinski definition) is 4. The molecule has 6 nitrogen and oxygen atoms in total. The molecule has 116 valence electrons. The van der Waals surface area contributed by atoms with Crippen molar-refractivity contribution in [1.29, 1.82) is 0 Å². The molecule has 0 bridgehead atoms. The van der Waals surface area contributed by atoms with Crippen molar-refractivity contribution in [2.24, 2.45) is 0 Å². The molecule has 2 aliphatic heterocycles. The van der Waals surface area contributed by atoms with E-state index in [2.05, 4.69) is 10.6 Å². The van der Waals surface area contributed by atoms with Gasteiger partial charge in [0.2, 0.25) is 5.91 Å². The summed E-state index contributed by atoms with van der Waals surface area (Å²) in [7, 11) is 0. The van der Waals surface area contributed by atoms with Crippen LogP contribution in [0.15, 0.2) is 48.5 Å². The number of nitrogens with zero attached hydrogens (tertiary/aromatic N) is 1. The molecule has 1 spiro atoms. The minimum atomic E-state index is -0.646. The number of fused-ring (bicyclic) bond motifs is 2. The summed E-state index contributed by atoms with van der Waals surface area (Å²) in [5, 5.41) is 17.2. The van der Waals surface area contributed by atoms with Gasteiger partial charge in [0.15, 0.2) is 0 Å². The van der Waals surface area contributed by atoms with Gasteiger partial charge in [0.25, 0.3) is 5.69 Å². The van der Waals surface area contributed by atoms with Gasteiger partial charge in [-0.2, -0.15) is 0 Å². The number of nitro groups is 1. The first-order chi connectivity index (χ1) is 11.1. The van der Waals surface area contributed by atoms with E-state index in [1.165, 1.54) is 12.1 Å². The van der Waals surface area contributed by atoms with Gasteiger partial charge in [-0.15, -0.1) is 0 Å². The molecule has 0 aliphatic carbocycles. The van der Waals surface area contributed by atoms with E-state index in [0.717, 1.165) is 23.4 Å². The molecular weight excluding hydrogens is 294 g/mol. The van der Waals surface area contributed by atoms with Crippen LogP contribution >= 0.6 is 0 Å². The Bertz CT molecular complexity index is 803. The summed E-state index contributed by atoms with van der Waals surface area (Å²) in [5.74, 6) is -0.00736. The summed E-state index contributed by atoms with van der Waals surface area (Å²) < 4.78 is 0. The second-order valence-corrected chi connectivity index (χ2v) is 5.96. The molecule has 2 unspecified atom stereocenters. The number of carbonyl (C=O) groups excluding carboxylic acids is 1. The lowest BCUT2D eigenvalue weighted by Gasteiger charge is -2.29. The summed E-state index contributed by atoms with van der Waals surface area (Å²) in [4.78, 5) is 23.2. The number of amides is 1. The Kier molecular flexibility index (Phi) is 2.96. The van der Waals surface area contributed by atoms with Gasteiger partial charge in [-0.05, 0) is 30.2 Å². The summed E-state index contributed by atoms with van der Waals surface area (Å²) in [5.41, 5.74) is 2.15. The Morgan fingerprint density at radius 2 is 1.87 bits per heavy atom. The summed E-state index contributed by atoms with van der Waals surface area (Å²) >= 11 is 0. The van der Waals surface area contributed by atoms with Crippen LogP contribution in [0.2, 0.25) is 0 Å². The van der Waals surface area contributed by atoms with E-state index in [9.17, 15) is 14.9 Å². The van der Waals surface area contributed by atoms with Gasteiger partial charge in [-0.25, -0.2) is 0 Å². The van der Waals surface area contributed by atoms with Crippen molar-refractivity contribution in [2.75, 3.05) is 11.9 Å². The van der Waals surface area contributed by atoms with Crippen LogP contribution in [0.25, 0.3) is 0 Å². The standard InChI is InChI=1S/C17H15N3O3/c21-16-17(13-3-1-2-4-14(13)19-16)9-10-18-15(17)11-5-7-12(8-6-11)20(22)23/h1-8,15,18H,9-10H2,(H,19,21). The highest BCUT2D eigenvalue weighted by Crippen LogP contribution is 2.50. The zero-order valence-corrected chi connectivity index (χ0v) is 12.3. The molecule has 1 fully saturated rings. The highest BCUT2D eigenvalue weighted by atomic mass is 16.6. The van der Waals surface area contributed by atoms with E-state index in [4.69, 9.17) is 0 Å². The Morgan fingerprint density at radius 3 is 2.61 bits per heavy atom. The predicted octanol–water partition coefficient (Wildman–Crippen LogP) is 2.52. The maximum Gasteiger partial charge on any atom is 0.269 e. The summed E-state index contributed by atoms with van der Waals surface area (Å²) in [6.07, 6.45) is 0.706. The molecule has 2 heterocycles. The monoisotopic (exact) mass is 309 g/mol. The first-order valence-corrected chi connectivity index (χ1v) is 7.51. The van der Waals surface area contributed by atoms with E-state index >= 15 is 0 Å². The second-order valence-electron chi connectivity index (χ2n) is 5.96. The number of para-hydroxylation sites is 1. The Labute approximate surface area is 132 Å². The van der Waals surface area contributed by atoms with Crippen LogP contribution in [-0.4, -0.2) is 17.4 Å². The number of non-ortho nitro benzene ring substituents is 1. The molecule has 2 aromatic rings. The quantitative estimate of drug-likeness (QED) is 0.659. The number of carbonyl (C=O) groups is 1. The zero-order chi connectivity index (χ0) is 16.0. The van der Waals surface area contributed by atoms with Gasteiger partial charge in [0.1, 0.15) is 0 Å². The van der Waals surface area contributed by atoms with E-state index < -0.39 is 10.3 Å². The zero-order valence-electron chi connectivity index (χ0n) is 12.3. The SMILES string of the molecule is O=C1Nc2ccccc2C12CCNC2c1ccc([N+](=O)[O-])cc1. The van der Waals surface area contributed by atoms with Crippen molar-refractivity contribution in [1.82, 2.24) is 5.32 Å². The van der Waals surface area contributed by atoms with E-state index in [-0.39, 0.29) is 17.6 Å². The fourth-order valence-electron chi connectivity index (χ4n) is 3.80. The fourth-order valence-corrected chi connectivity index (χ4v) is 3.80. The molecule has 2 atom stereocenters. The number of nitro benzene ring substituents is 1. The number of rotatable bonds is 2. The van der Waals surface area contributed by atoms with Crippen LogP contribution in [0.4, 0.5) is 11.4 Å². The normalized spacial score (nSPS) is 25.4. The minimum absolute atomic E-state index is 0.00736. The first kappa shape index (κ1) is 13.9. The van der Waals surface area contributed by atoms with Crippen molar-refractivity contribution < 1.29 is 9.72 Å². The maximum atomic E-state index is 12.8. The molecule has 1 saturated heterocycles. The van der Waals surface area contributed by atoms with Gasteiger partial charge in [-0.1, -0.05) is 30.3 Å². The smallest absolute Gasteiger partial charge is 0.269 e. The minimum Gasteiger partial charge on any atom is -0.325 e. The van der Waals surface area contributed by atoms with E-state index in [0.29, 0.717) is 6.42 Å². The molecule has 0 saturated carbocycles. The third kappa shape index (κ3) is 1.88. The maximum absolute atomic E-state index is 12.8. The molecule has 0 radical (unpaired) electrons. The Morgan fingerprint density at radius 1 is 1.13 bits per heavy atom. The topological polar surface area (TPSA) is 84.3 Å². The largest absolute Gasteiger partial charge is 0.325 e. The molecule has 1 amide bonds. The molecule has 4 rings (SSSR count). The molecule has 0 aromatic heterocycles. The van der Waals surface area contributed by atoms with Crippen LogP contribution in [0.1, 0.15) is 23.6 Å². The number of nitrogens with one attached hydrogen (secondary N) is 2. The van der Waals surface area contributed by atoms with Crippen LogP contribution in [0.3, 0.4) is 0 Å². The molecule has 2 aromatic carbocycles. The van der Waals surface area contributed by atoms with Gasteiger partial charge in [0, 0.05) is 17.8 Å². The Hall–Kier alpha value is -2.73. The number of hydrogen-bond donors (Lipinski definition) is 2. The predicted molar refractivity (Wildman–Crippen MR) is 85.2 cm³/mol. The van der Waals surface area contributed by atoms with Gasteiger partial charge >= 0.3 is 0 Å². The number of benzene rings is 2. The average Bonchev–Trinajstić information content (AvgIpc) is 3.12. The molecule has 2 aliphatic rings. The van der Waals surface area contributed by atoms with Crippen molar-refractivity contribution in [3.05, 3.63) is 69.8 Å². The highest BCUT2D eigenvalue weighted by Gasteiger charge is 2.55. The second kappa shape index (κ2) is 4.89. The highest BCUT2D eigenvalue weighted by molar-refractivity contribution is 6.07. The van der Waals surface area contributed by atoms with Crippen molar-refractivity contribution >= 4 is 17.3 Å². The van der Waals surface area contributed by atoms with Crippen LogP contribution in [0.5, 0.6) is 0 Å². The van der Waals surface area contributed by atoms with E-state index in [1.807, 2.05) is 24.3 Å². The lowest BCUT2D eigenvalue weighted by molar-refractivity contribution is -0.384. The Balaban J connectivity index is 1.80. The molecule has 23 heavy (non-hydrogen) atoms. The van der Waals surface area contributed by atoms with Crippen LogP contribution < -0.4 is 10.6 Å². The van der Waals surface area contributed by atoms with Gasteiger partial charge < -0.3 is 10.6 Å².